The quantitative estimate of drug-likeness (QED) is 0.624. The number of rotatable bonds is 5. The van der Waals surface area contributed by atoms with Gasteiger partial charge in [-0.25, -0.2) is 0 Å². The first-order chi connectivity index (χ1) is 10.4. The average molecular weight is 319 g/mol. The molecule has 4 heteroatoms. The van der Waals surface area contributed by atoms with Gasteiger partial charge in [-0.15, -0.1) is 0 Å². The molecule has 0 aliphatic heterocycles. The van der Waals surface area contributed by atoms with E-state index in [9.17, 15) is 14.4 Å². The number of unbranched alkanes of at least 4 members (excludes halogenated alkanes) is 1. The third kappa shape index (κ3) is 5.77. The Hall–Kier alpha value is -1.71. The first kappa shape index (κ1) is 19.3. The summed E-state index contributed by atoms with van der Waals surface area (Å²) in [6.07, 6.45) is 5.10. The van der Waals surface area contributed by atoms with Gasteiger partial charge in [-0.05, 0) is 36.8 Å². The molecular formula is C19H29NO3. The molecule has 1 aliphatic rings. The summed E-state index contributed by atoms with van der Waals surface area (Å²) in [5, 5.41) is 2.89. The SMILES string of the molecule is CC(C)(C)C(=O)NCCCCC1=CC(=O)C(C(C)(C)C)=CC1=O. The van der Waals surface area contributed by atoms with Crippen LogP contribution in [0.4, 0.5) is 0 Å². The van der Waals surface area contributed by atoms with Crippen LogP contribution in [0.3, 0.4) is 0 Å². The molecule has 0 saturated carbocycles. The molecule has 23 heavy (non-hydrogen) atoms. The number of nitrogens with one attached hydrogen (secondary N) is 1. The van der Waals surface area contributed by atoms with E-state index in [1.165, 1.54) is 12.2 Å². The number of amides is 1. The minimum atomic E-state index is -0.386. The van der Waals surface area contributed by atoms with Crippen LogP contribution in [0.2, 0.25) is 0 Å². The standard InChI is InChI=1S/C19H29NO3/c1-18(2,3)14-12-15(21)13(11-16(14)22)9-7-8-10-20-17(23)19(4,5)6/h11-12H,7-10H2,1-6H3,(H,20,23). The van der Waals surface area contributed by atoms with Crippen molar-refractivity contribution in [2.45, 2.75) is 60.8 Å². The molecule has 0 aromatic heterocycles. The van der Waals surface area contributed by atoms with Crippen LogP contribution in [-0.2, 0) is 14.4 Å². The Bertz CT molecular complexity index is 554. The van der Waals surface area contributed by atoms with E-state index in [1.807, 2.05) is 41.5 Å². The Morgan fingerprint density at radius 3 is 2.09 bits per heavy atom. The predicted octanol–water partition coefficient (Wildman–Crippen LogP) is 3.37. The van der Waals surface area contributed by atoms with Crippen LogP contribution < -0.4 is 5.32 Å². The maximum absolute atomic E-state index is 12.1. The van der Waals surface area contributed by atoms with Gasteiger partial charge in [-0.3, -0.25) is 14.4 Å². The molecule has 1 rings (SSSR count). The van der Waals surface area contributed by atoms with Gasteiger partial charge in [0.2, 0.25) is 5.91 Å². The molecule has 0 aromatic rings. The molecule has 0 aromatic carbocycles. The van der Waals surface area contributed by atoms with Gasteiger partial charge < -0.3 is 5.32 Å². The highest BCUT2D eigenvalue weighted by molar-refractivity contribution is 6.20. The molecule has 1 N–H and O–H groups in total. The fourth-order valence-corrected chi connectivity index (χ4v) is 2.29. The second-order valence-electron chi connectivity index (χ2n) is 8.17. The van der Waals surface area contributed by atoms with Gasteiger partial charge in [0.15, 0.2) is 11.6 Å². The monoisotopic (exact) mass is 319 g/mol. The van der Waals surface area contributed by atoms with Crippen LogP contribution in [0.1, 0.15) is 60.8 Å². The van der Waals surface area contributed by atoms with Crippen molar-refractivity contribution in [2.24, 2.45) is 10.8 Å². The second-order valence-corrected chi connectivity index (χ2v) is 8.17. The van der Waals surface area contributed by atoms with Crippen molar-refractivity contribution in [1.29, 1.82) is 0 Å². The molecule has 0 fully saturated rings. The zero-order valence-corrected chi connectivity index (χ0v) is 15.2. The van der Waals surface area contributed by atoms with Gasteiger partial charge in [0.05, 0.1) is 0 Å². The lowest BCUT2D eigenvalue weighted by Crippen LogP contribution is -2.35. The molecule has 0 radical (unpaired) electrons. The predicted molar refractivity (Wildman–Crippen MR) is 92.0 cm³/mol. The Balaban J connectivity index is 2.45. The molecule has 0 atom stereocenters. The molecule has 4 nitrogen and oxygen atoms in total. The Labute approximate surface area is 139 Å². The number of carbonyl (C=O) groups excluding carboxylic acids is 3. The van der Waals surface area contributed by atoms with Crippen LogP contribution in [0.5, 0.6) is 0 Å². The van der Waals surface area contributed by atoms with Crippen molar-refractivity contribution >= 4 is 17.5 Å². The lowest BCUT2D eigenvalue weighted by Gasteiger charge is -2.23. The zero-order chi connectivity index (χ0) is 17.8. The van der Waals surface area contributed by atoms with E-state index >= 15 is 0 Å². The summed E-state index contributed by atoms with van der Waals surface area (Å²) in [5.41, 5.74) is 0.447. The zero-order valence-electron chi connectivity index (χ0n) is 15.2. The Morgan fingerprint density at radius 2 is 1.57 bits per heavy atom. The van der Waals surface area contributed by atoms with Gasteiger partial charge in [0, 0.05) is 23.1 Å². The topological polar surface area (TPSA) is 63.2 Å². The van der Waals surface area contributed by atoms with Gasteiger partial charge in [-0.1, -0.05) is 41.5 Å². The van der Waals surface area contributed by atoms with Crippen molar-refractivity contribution in [3.05, 3.63) is 23.3 Å². The first-order valence-corrected chi connectivity index (χ1v) is 8.22. The smallest absolute Gasteiger partial charge is 0.225 e. The lowest BCUT2D eigenvalue weighted by atomic mass is 9.79. The highest BCUT2D eigenvalue weighted by Crippen LogP contribution is 2.30. The number of ketones is 2. The van der Waals surface area contributed by atoms with E-state index in [4.69, 9.17) is 0 Å². The van der Waals surface area contributed by atoms with Crippen LogP contribution in [-0.4, -0.2) is 24.0 Å². The molecule has 0 bridgehead atoms. The normalized spacial score (nSPS) is 16.1. The van der Waals surface area contributed by atoms with Crippen molar-refractivity contribution in [3.8, 4) is 0 Å². The van der Waals surface area contributed by atoms with Crippen molar-refractivity contribution in [3.63, 3.8) is 0 Å². The van der Waals surface area contributed by atoms with E-state index in [2.05, 4.69) is 5.32 Å². The maximum Gasteiger partial charge on any atom is 0.225 e. The summed E-state index contributed by atoms with van der Waals surface area (Å²) in [6.45, 7) is 12.0. The number of hydrogen-bond acceptors (Lipinski definition) is 3. The minimum absolute atomic E-state index is 0.0263. The van der Waals surface area contributed by atoms with E-state index in [-0.39, 0.29) is 28.3 Å². The summed E-state index contributed by atoms with van der Waals surface area (Å²) < 4.78 is 0. The van der Waals surface area contributed by atoms with E-state index in [0.717, 1.165) is 12.8 Å². The Morgan fingerprint density at radius 1 is 0.957 bits per heavy atom. The lowest BCUT2D eigenvalue weighted by molar-refractivity contribution is -0.128. The van der Waals surface area contributed by atoms with Crippen molar-refractivity contribution in [2.75, 3.05) is 6.54 Å². The molecule has 0 saturated heterocycles. The van der Waals surface area contributed by atoms with Crippen LogP contribution in [0.15, 0.2) is 23.3 Å². The molecule has 128 valence electrons. The number of carbonyl (C=O) groups is 3. The van der Waals surface area contributed by atoms with E-state index in [0.29, 0.717) is 24.1 Å². The molecule has 0 heterocycles. The molecule has 0 unspecified atom stereocenters. The van der Waals surface area contributed by atoms with E-state index < -0.39 is 0 Å². The number of allylic oxidation sites excluding steroid dienone is 4. The molecule has 1 amide bonds. The molecular weight excluding hydrogens is 290 g/mol. The first-order valence-electron chi connectivity index (χ1n) is 8.22. The van der Waals surface area contributed by atoms with Crippen LogP contribution in [0, 0.1) is 10.8 Å². The third-order valence-corrected chi connectivity index (χ3v) is 3.81. The highest BCUT2D eigenvalue weighted by Gasteiger charge is 2.28. The number of hydrogen-bond donors (Lipinski definition) is 1. The Kier molecular flexibility index (Phi) is 6.09. The second kappa shape index (κ2) is 7.24. The maximum atomic E-state index is 12.1. The molecule has 0 spiro atoms. The molecule has 1 aliphatic carbocycles. The summed E-state index contributed by atoms with van der Waals surface area (Å²) in [5.74, 6) is -0.0974. The fraction of sp³-hybridized carbons (Fsp3) is 0.632. The van der Waals surface area contributed by atoms with Crippen molar-refractivity contribution in [1.82, 2.24) is 5.32 Å². The van der Waals surface area contributed by atoms with Gasteiger partial charge in [-0.2, -0.15) is 0 Å². The van der Waals surface area contributed by atoms with Crippen molar-refractivity contribution < 1.29 is 14.4 Å². The summed E-state index contributed by atoms with van der Waals surface area (Å²) in [4.78, 5) is 36.0. The largest absolute Gasteiger partial charge is 0.356 e. The summed E-state index contributed by atoms with van der Waals surface area (Å²) in [6, 6.07) is 0. The highest BCUT2D eigenvalue weighted by atomic mass is 16.2. The summed E-state index contributed by atoms with van der Waals surface area (Å²) in [7, 11) is 0. The minimum Gasteiger partial charge on any atom is -0.356 e. The fourth-order valence-electron chi connectivity index (χ4n) is 2.29. The third-order valence-electron chi connectivity index (χ3n) is 3.81. The summed E-state index contributed by atoms with van der Waals surface area (Å²) >= 11 is 0. The van der Waals surface area contributed by atoms with Gasteiger partial charge in [0.1, 0.15) is 0 Å². The van der Waals surface area contributed by atoms with Crippen LogP contribution >= 0.6 is 0 Å². The van der Waals surface area contributed by atoms with Gasteiger partial charge >= 0.3 is 0 Å². The van der Waals surface area contributed by atoms with E-state index in [1.54, 1.807) is 0 Å². The average Bonchev–Trinajstić information content (AvgIpc) is 2.39. The van der Waals surface area contributed by atoms with Crippen LogP contribution in [0.25, 0.3) is 0 Å². The van der Waals surface area contributed by atoms with Gasteiger partial charge in [0.25, 0.3) is 0 Å².